The zero-order valence-corrected chi connectivity index (χ0v) is 39.7. The molecule has 5 heterocycles. The molecule has 0 atom stereocenters. The monoisotopic (exact) mass is 947 g/mol. The van der Waals surface area contributed by atoms with Gasteiger partial charge in [-0.2, -0.15) is 0 Å². The van der Waals surface area contributed by atoms with Gasteiger partial charge in [0.05, 0.1) is 27.8 Å². The summed E-state index contributed by atoms with van der Waals surface area (Å²) in [5, 5.41) is 4.69. The summed E-state index contributed by atoms with van der Waals surface area (Å²) in [4.78, 5) is 35.5. The summed E-state index contributed by atoms with van der Waals surface area (Å²) >= 11 is 0. The average molecular weight is 948 g/mol. The molecule has 0 spiro atoms. The highest BCUT2D eigenvalue weighted by Gasteiger charge is 2.24. The van der Waals surface area contributed by atoms with E-state index in [1.54, 1.807) is 0 Å². The normalized spacial score (nSPS) is 11.5. The molecule has 0 unspecified atom stereocenters. The van der Waals surface area contributed by atoms with Crippen molar-refractivity contribution in [2.45, 2.75) is 0 Å². The van der Waals surface area contributed by atoms with Gasteiger partial charge in [0, 0.05) is 66.8 Å². The third-order valence-corrected chi connectivity index (χ3v) is 13.7. The molecule has 0 N–H and O–H groups in total. The molecule has 346 valence electrons. The number of para-hydroxylation sites is 3. The van der Waals surface area contributed by atoms with E-state index >= 15 is 0 Å². The summed E-state index contributed by atoms with van der Waals surface area (Å²) in [5.74, 6) is 3.31. The van der Waals surface area contributed by atoms with E-state index in [-0.39, 0.29) is 0 Å². The van der Waals surface area contributed by atoms with Crippen LogP contribution in [0.3, 0.4) is 0 Å². The number of hydrogen-bond donors (Lipinski definition) is 0. The number of nitrogens with zero attached hydrogens (tertiary/aromatic N) is 9. The van der Waals surface area contributed by atoms with Crippen molar-refractivity contribution in [3.05, 3.63) is 249 Å². The maximum Gasteiger partial charge on any atom is 0.182 e. The SMILES string of the molecule is c1ccc(-c2nc(-c3ccccc3)nc(-c3ccc(-n4c5ccccc5c5c4ccc4c6ccccc6n(-c6ccccc6)c45)c(-c4ccnc(-c5nc(-c6ccccc6)nc(-c6ccccc6)n5)c4)c3)n2)cc1. The van der Waals surface area contributed by atoms with Crippen LogP contribution in [0.5, 0.6) is 0 Å². The van der Waals surface area contributed by atoms with Gasteiger partial charge in [-0.25, -0.2) is 29.9 Å². The molecule has 0 fully saturated rings. The van der Waals surface area contributed by atoms with Crippen LogP contribution < -0.4 is 0 Å². The summed E-state index contributed by atoms with van der Waals surface area (Å²) in [6.07, 6.45) is 1.84. The van der Waals surface area contributed by atoms with Gasteiger partial charge < -0.3 is 9.13 Å². The first kappa shape index (κ1) is 42.6. The molecule has 0 radical (unpaired) electrons. The van der Waals surface area contributed by atoms with E-state index in [1.165, 1.54) is 10.8 Å². The number of pyridine rings is 1. The summed E-state index contributed by atoms with van der Waals surface area (Å²) in [6, 6.07) is 83.5. The van der Waals surface area contributed by atoms with Crippen LogP contribution in [0.4, 0.5) is 0 Å². The van der Waals surface area contributed by atoms with E-state index in [0.29, 0.717) is 40.6 Å². The maximum absolute atomic E-state index is 5.19. The summed E-state index contributed by atoms with van der Waals surface area (Å²) in [7, 11) is 0. The lowest BCUT2D eigenvalue weighted by Crippen LogP contribution is -2.03. The first-order chi connectivity index (χ1) is 36.7. The quantitative estimate of drug-likeness (QED) is 0.142. The van der Waals surface area contributed by atoms with E-state index in [4.69, 9.17) is 34.9 Å². The standard InChI is InChI=1S/C65H41N9/c1-6-20-42(21-7-1)60-67-61(43-22-8-2-9-23-43)70-64(69-60)47-34-36-56(52(40-47)46-38-39-66-53(41-46)65-71-62(44-24-10-3-11-25-44)68-63(72-65)45-26-12-4-13-27-45)74-55-33-19-17-31-51(55)58-57(74)37-35-50-49-30-16-18-32-54(49)73(59(50)58)48-28-14-5-15-29-48/h1-41H. The van der Waals surface area contributed by atoms with Crippen molar-refractivity contribution >= 4 is 43.6 Å². The third-order valence-electron chi connectivity index (χ3n) is 13.7. The molecular weight excluding hydrogens is 907 g/mol. The molecule has 14 aromatic rings. The molecule has 9 aromatic carbocycles. The first-order valence-corrected chi connectivity index (χ1v) is 24.6. The van der Waals surface area contributed by atoms with Crippen molar-refractivity contribution in [3.8, 4) is 91.0 Å². The maximum atomic E-state index is 5.19. The lowest BCUT2D eigenvalue weighted by Gasteiger charge is -2.17. The molecule has 5 aromatic heterocycles. The van der Waals surface area contributed by atoms with Crippen LogP contribution in [0.2, 0.25) is 0 Å². The van der Waals surface area contributed by atoms with Gasteiger partial charge in [0.15, 0.2) is 34.9 Å². The predicted molar refractivity (Wildman–Crippen MR) is 298 cm³/mol. The van der Waals surface area contributed by atoms with Gasteiger partial charge in [-0.1, -0.05) is 182 Å². The Labute approximate surface area is 425 Å². The van der Waals surface area contributed by atoms with Crippen molar-refractivity contribution in [3.63, 3.8) is 0 Å². The number of fused-ring (bicyclic) bond motifs is 7. The Morgan fingerprint density at radius 1 is 0.284 bits per heavy atom. The molecule has 0 saturated carbocycles. The number of hydrogen-bond acceptors (Lipinski definition) is 7. The highest BCUT2D eigenvalue weighted by molar-refractivity contribution is 6.26. The topological polar surface area (TPSA) is 100 Å². The van der Waals surface area contributed by atoms with Crippen molar-refractivity contribution in [2.24, 2.45) is 0 Å². The molecular formula is C65H41N9. The Morgan fingerprint density at radius 2 is 0.743 bits per heavy atom. The van der Waals surface area contributed by atoms with Crippen molar-refractivity contribution < 1.29 is 0 Å². The molecule has 0 bridgehead atoms. The van der Waals surface area contributed by atoms with Crippen LogP contribution in [0.25, 0.3) is 135 Å². The highest BCUT2D eigenvalue weighted by atomic mass is 15.1. The van der Waals surface area contributed by atoms with Gasteiger partial charge in [0.2, 0.25) is 0 Å². The molecule has 14 rings (SSSR count). The van der Waals surface area contributed by atoms with Crippen molar-refractivity contribution in [1.82, 2.24) is 44.0 Å². The van der Waals surface area contributed by atoms with Crippen molar-refractivity contribution in [1.29, 1.82) is 0 Å². The second kappa shape index (κ2) is 17.9. The second-order valence-electron chi connectivity index (χ2n) is 18.1. The van der Waals surface area contributed by atoms with Gasteiger partial charge in [0.1, 0.15) is 5.69 Å². The number of aromatic nitrogens is 9. The minimum absolute atomic E-state index is 0.461. The largest absolute Gasteiger partial charge is 0.309 e. The summed E-state index contributed by atoms with van der Waals surface area (Å²) < 4.78 is 4.82. The smallest absolute Gasteiger partial charge is 0.182 e. The van der Waals surface area contributed by atoms with Gasteiger partial charge >= 0.3 is 0 Å². The van der Waals surface area contributed by atoms with E-state index in [0.717, 1.165) is 83.2 Å². The molecule has 0 aliphatic rings. The summed E-state index contributed by atoms with van der Waals surface area (Å²) in [6.45, 7) is 0. The number of rotatable bonds is 9. The molecule has 0 aliphatic heterocycles. The molecule has 0 saturated heterocycles. The van der Waals surface area contributed by atoms with Crippen LogP contribution in [0.1, 0.15) is 0 Å². The van der Waals surface area contributed by atoms with Gasteiger partial charge in [-0.3, -0.25) is 4.98 Å². The van der Waals surface area contributed by atoms with Crippen LogP contribution >= 0.6 is 0 Å². The summed E-state index contributed by atoms with van der Waals surface area (Å²) in [5.41, 5.74) is 13.3. The minimum Gasteiger partial charge on any atom is -0.309 e. The fourth-order valence-electron chi connectivity index (χ4n) is 10.3. The average Bonchev–Trinajstić information content (AvgIpc) is 4.01. The molecule has 9 nitrogen and oxygen atoms in total. The van der Waals surface area contributed by atoms with E-state index < -0.39 is 0 Å². The Bertz CT molecular complexity index is 4290. The van der Waals surface area contributed by atoms with Crippen molar-refractivity contribution in [2.75, 3.05) is 0 Å². The predicted octanol–water partition coefficient (Wildman–Crippen LogP) is 15.3. The molecule has 0 aliphatic carbocycles. The second-order valence-corrected chi connectivity index (χ2v) is 18.1. The van der Waals surface area contributed by atoms with Crippen LogP contribution in [0, 0.1) is 0 Å². The highest BCUT2D eigenvalue weighted by Crippen LogP contribution is 2.44. The van der Waals surface area contributed by atoms with Crippen LogP contribution in [-0.2, 0) is 0 Å². The minimum atomic E-state index is 0.461. The van der Waals surface area contributed by atoms with E-state index in [1.807, 2.05) is 128 Å². The fraction of sp³-hybridized carbons (Fsp3) is 0. The Hall–Kier alpha value is -10.3. The van der Waals surface area contributed by atoms with Crippen LogP contribution in [0.15, 0.2) is 249 Å². The lowest BCUT2D eigenvalue weighted by molar-refractivity contribution is 1.06. The molecule has 9 heteroatoms. The zero-order chi connectivity index (χ0) is 49.0. The third kappa shape index (κ3) is 7.38. The number of benzene rings is 9. The Balaban J connectivity index is 1.04. The first-order valence-electron chi connectivity index (χ1n) is 24.6. The van der Waals surface area contributed by atoms with Gasteiger partial charge in [0.25, 0.3) is 0 Å². The lowest BCUT2D eigenvalue weighted by atomic mass is 9.99. The van der Waals surface area contributed by atoms with E-state index in [9.17, 15) is 0 Å². The molecule has 0 amide bonds. The fourth-order valence-corrected chi connectivity index (χ4v) is 10.3. The Morgan fingerprint density at radius 3 is 1.30 bits per heavy atom. The van der Waals surface area contributed by atoms with E-state index in [2.05, 4.69) is 130 Å². The van der Waals surface area contributed by atoms with Gasteiger partial charge in [-0.15, -0.1) is 0 Å². The molecule has 74 heavy (non-hydrogen) atoms. The van der Waals surface area contributed by atoms with Crippen LogP contribution in [-0.4, -0.2) is 44.0 Å². The van der Waals surface area contributed by atoms with Gasteiger partial charge in [-0.05, 0) is 66.2 Å². The zero-order valence-electron chi connectivity index (χ0n) is 39.7. The Kier molecular flexibility index (Phi) is 10.3.